The van der Waals surface area contributed by atoms with Crippen molar-refractivity contribution in [2.45, 2.75) is 25.8 Å². The van der Waals surface area contributed by atoms with E-state index in [2.05, 4.69) is 5.32 Å². The van der Waals surface area contributed by atoms with Gasteiger partial charge in [-0.15, -0.1) is 12.4 Å². The summed E-state index contributed by atoms with van der Waals surface area (Å²) < 4.78 is 5.16. The predicted octanol–water partition coefficient (Wildman–Crippen LogP) is 0.897. The number of hydrogen-bond acceptors (Lipinski definition) is 3. The van der Waals surface area contributed by atoms with Crippen LogP contribution in [0.25, 0.3) is 0 Å². The third kappa shape index (κ3) is 8.02. The topological polar surface area (TPSA) is 58.6 Å². The van der Waals surface area contributed by atoms with Crippen molar-refractivity contribution < 1.29 is 14.6 Å². The number of likely N-dealkylation sites (N-methyl/N-ethyl adjacent to an activating group) is 1. The number of halogens is 1. The first-order valence-corrected chi connectivity index (χ1v) is 4.20. The largest absolute Gasteiger partial charge is 0.480 e. The highest BCUT2D eigenvalue weighted by atomic mass is 35.5. The molecule has 80 valence electrons. The van der Waals surface area contributed by atoms with Crippen molar-refractivity contribution >= 4 is 18.4 Å². The molecule has 0 fully saturated rings. The Morgan fingerprint density at radius 2 is 2.15 bits per heavy atom. The molecule has 0 saturated heterocycles. The van der Waals surface area contributed by atoms with Crippen LogP contribution in [0.3, 0.4) is 0 Å². The zero-order chi connectivity index (χ0) is 9.40. The van der Waals surface area contributed by atoms with Crippen molar-refractivity contribution in [3.8, 4) is 0 Å². The van der Waals surface area contributed by atoms with Crippen molar-refractivity contribution in [2.24, 2.45) is 0 Å². The lowest BCUT2D eigenvalue weighted by Gasteiger charge is -2.10. The van der Waals surface area contributed by atoms with E-state index in [1.807, 2.05) is 6.92 Å². The first-order chi connectivity index (χ1) is 5.72. The SMILES string of the molecule is CCCOCC[C@H](NC)C(=O)O.Cl. The maximum absolute atomic E-state index is 10.5. The highest BCUT2D eigenvalue weighted by Crippen LogP contribution is 1.93. The van der Waals surface area contributed by atoms with E-state index in [0.29, 0.717) is 19.6 Å². The summed E-state index contributed by atoms with van der Waals surface area (Å²) in [6, 6.07) is -0.484. The van der Waals surface area contributed by atoms with Gasteiger partial charge in [0, 0.05) is 13.2 Å². The van der Waals surface area contributed by atoms with Crippen LogP contribution in [-0.2, 0) is 9.53 Å². The fourth-order valence-electron chi connectivity index (χ4n) is 0.839. The molecule has 0 heterocycles. The van der Waals surface area contributed by atoms with Gasteiger partial charge in [-0.2, -0.15) is 0 Å². The second-order valence-electron chi connectivity index (χ2n) is 2.58. The number of nitrogens with one attached hydrogen (secondary N) is 1. The van der Waals surface area contributed by atoms with Gasteiger partial charge in [-0.1, -0.05) is 6.92 Å². The summed E-state index contributed by atoms with van der Waals surface area (Å²) in [5, 5.41) is 11.3. The van der Waals surface area contributed by atoms with Crippen LogP contribution in [0.2, 0.25) is 0 Å². The molecule has 1 atom stereocenters. The average Bonchev–Trinajstić information content (AvgIpc) is 2.04. The third-order valence-corrected chi connectivity index (χ3v) is 1.55. The molecule has 0 aromatic heterocycles. The highest BCUT2D eigenvalue weighted by molar-refractivity contribution is 5.85. The minimum absolute atomic E-state index is 0. The quantitative estimate of drug-likeness (QED) is 0.615. The van der Waals surface area contributed by atoms with E-state index >= 15 is 0 Å². The monoisotopic (exact) mass is 211 g/mol. The van der Waals surface area contributed by atoms with Crippen LogP contribution in [0.5, 0.6) is 0 Å². The Morgan fingerprint density at radius 1 is 1.54 bits per heavy atom. The van der Waals surface area contributed by atoms with Crippen LogP contribution in [0.15, 0.2) is 0 Å². The Bertz CT molecular complexity index is 133. The zero-order valence-electron chi connectivity index (χ0n) is 8.08. The van der Waals surface area contributed by atoms with Gasteiger partial charge in [-0.25, -0.2) is 0 Å². The van der Waals surface area contributed by atoms with Crippen LogP contribution < -0.4 is 5.32 Å². The molecule has 0 amide bonds. The number of ether oxygens (including phenoxy) is 1. The lowest BCUT2D eigenvalue weighted by Crippen LogP contribution is -2.34. The van der Waals surface area contributed by atoms with Gasteiger partial charge in [0.15, 0.2) is 0 Å². The second kappa shape index (κ2) is 9.77. The predicted molar refractivity (Wildman–Crippen MR) is 53.5 cm³/mol. The summed E-state index contributed by atoms with van der Waals surface area (Å²) in [5.41, 5.74) is 0. The number of carboxylic acid groups (broad SMARTS) is 1. The molecule has 0 aliphatic heterocycles. The fourth-order valence-corrected chi connectivity index (χ4v) is 0.839. The van der Waals surface area contributed by atoms with E-state index in [9.17, 15) is 4.79 Å². The Kier molecular flexibility index (Phi) is 11.4. The maximum Gasteiger partial charge on any atom is 0.320 e. The van der Waals surface area contributed by atoms with Gasteiger partial charge in [-0.3, -0.25) is 4.79 Å². The molecular formula is C8H18ClNO3. The molecular weight excluding hydrogens is 194 g/mol. The molecule has 0 aromatic carbocycles. The molecule has 0 bridgehead atoms. The molecule has 0 aliphatic rings. The van der Waals surface area contributed by atoms with Gasteiger partial charge in [0.25, 0.3) is 0 Å². The van der Waals surface area contributed by atoms with Gasteiger partial charge in [0.1, 0.15) is 6.04 Å². The normalized spacial score (nSPS) is 11.8. The second-order valence-corrected chi connectivity index (χ2v) is 2.58. The van der Waals surface area contributed by atoms with Crippen LogP contribution >= 0.6 is 12.4 Å². The summed E-state index contributed by atoms with van der Waals surface area (Å²) in [4.78, 5) is 10.5. The summed E-state index contributed by atoms with van der Waals surface area (Å²) in [5.74, 6) is -0.822. The summed E-state index contributed by atoms with van der Waals surface area (Å²) in [6.45, 7) is 3.23. The van der Waals surface area contributed by atoms with Gasteiger partial charge >= 0.3 is 5.97 Å². The Morgan fingerprint density at radius 3 is 2.54 bits per heavy atom. The molecule has 4 nitrogen and oxygen atoms in total. The summed E-state index contributed by atoms with van der Waals surface area (Å²) >= 11 is 0. The highest BCUT2D eigenvalue weighted by Gasteiger charge is 2.13. The van der Waals surface area contributed by atoms with Crippen LogP contribution in [0.1, 0.15) is 19.8 Å². The van der Waals surface area contributed by atoms with E-state index in [0.717, 1.165) is 6.42 Å². The lowest BCUT2D eigenvalue weighted by atomic mass is 10.2. The van der Waals surface area contributed by atoms with Crippen LogP contribution in [-0.4, -0.2) is 37.4 Å². The van der Waals surface area contributed by atoms with Crippen LogP contribution in [0, 0.1) is 0 Å². The maximum atomic E-state index is 10.5. The molecule has 5 heteroatoms. The first-order valence-electron chi connectivity index (χ1n) is 4.20. The van der Waals surface area contributed by atoms with Gasteiger partial charge in [-0.05, 0) is 19.9 Å². The standard InChI is InChI=1S/C8H17NO3.ClH/c1-3-5-12-6-4-7(9-2)8(10)11;/h7,9H,3-6H2,1-2H3,(H,10,11);1H/t7-;/m0./s1. The van der Waals surface area contributed by atoms with E-state index in [-0.39, 0.29) is 12.4 Å². The number of rotatable bonds is 7. The number of aliphatic carboxylic acids is 1. The Hall–Kier alpha value is -0.320. The minimum atomic E-state index is -0.822. The van der Waals surface area contributed by atoms with Gasteiger partial charge in [0.05, 0.1) is 0 Å². The van der Waals surface area contributed by atoms with Gasteiger partial charge < -0.3 is 15.2 Å². The number of hydrogen-bond donors (Lipinski definition) is 2. The zero-order valence-corrected chi connectivity index (χ0v) is 8.89. The number of carboxylic acids is 1. The molecule has 0 aromatic rings. The molecule has 2 N–H and O–H groups in total. The Balaban J connectivity index is 0. The van der Waals surface area contributed by atoms with Crippen molar-refractivity contribution in [1.29, 1.82) is 0 Å². The number of carbonyl (C=O) groups is 1. The smallest absolute Gasteiger partial charge is 0.320 e. The average molecular weight is 212 g/mol. The molecule has 0 rings (SSSR count). The fraction of sp³-hybridized carbons (Fsp3) is 0.875. The molecule has 0 unspecified atom stereocenters. The van der Waals surface area contributed by atoms with E-state index in [4.69, 9.17) is 9.84 Å². The minimum Gasteiger partial charge on any atom is -0.480 e. The Labute approximate surface area is 85.1 Å². The molecule has 0 saturated carbocycles. The lowest BCUT2D eigenvalue weighted by molar-refractivity contribution is -0.139. The van der Waals surface area contributed by atoms with E-state index in [1.54, 1.807) is 7.05 Å². The first kappa shape index (κ1) is 15.2. The molecule has 0 spiro atoms. The van der Waals surface area contributed by atoms with Crippen LogP contribution in [0.4, 0.5) is 0 Å². The summed E-state index contributed by atoms with van der Waals surface area (Å²) in [7, 11) is 1.64. The van der Waals surface area contributed by atoms with Crippen molar-refractivity contribution in [1.82, 2.24) is 5.32 Å². The van der Waals surface area contributed by atoms with Crippen molar-refractivity contribution in [3.63, 3.8) is 0 Å². The molecule has 0 aliphatic carbocycles. The van der Waals surface area contributed by atoms with Crippen molar-refractivity contribution in [2.75, 3.05) is 20.3 Å². The van der Waals surface area contributed by atoms with Gasteiger partial charge in [0.2, 0.25) is 0 Å². The summed E-state index contributed by atoms with van der Waals surface area (Å²) in [6.07, 6.45) is 1.49. The van der Waals surface area contributed by atoms with E-state index in [1.165, 1.54) is 0 Å². The molecule has 13 heavy (non-hydrogen) atoms. The van der Waals surface area contributed by atoms with Crippen molar-refractivity contribution in [3.05, 3.63) is 0 Å². The third-order valence-electron chi connectivity index (χ3n) is 1.55. The molecule has 0 radical (unpaired) electrons. The van der Waals surface area contributed by atoms with E-state index < -0.39 is 12.0 Å².